The second-order valence-electron chi connectivity index (χ2n) is 1.86. The zero-order valence-electron chi connectivity index (χ0n) is 7.04. The van der Waals surface area contributed by atoms with Crippen molar-refractivity contribution in [3.05, 3.63) is 12.7 Å². The summed E-state index contributed by atoms with van der Waals surface area (Å²) in [5, 5.41) is 10.4. The van der Waals surface area contributed by atoms with Crippen molar-refractivity contribution in [2.75, 3.05) is 13.6 Å². The molecule has 0 radical (unpaired) electrons. The van der Waals surface area contributed by atoms with Gasteiger partial charge in [0.25, 0.3) is 0 Å². The number of hydrogen-bond acceptors (Lipinski definition) is 3. The largest absolute Gasteiger partial charge is 0.478 e. The molecule has 0 unspecified atom stereocenters. The molecular formula is C7H14N2O3. The quantitative estimate of drug-likeness (QED) is 0.493. The van der Waals surface area contributed by atoms with E-state index in [2.05, 4.69) is 11.9 Å². The minimum absolute atomic E-state index is 0.255. The summed E-state index contributed by atoms with van der Waals surface area (Å²) in [7, 11) is 1.78. The Morgan fingerprint density at radius 1 is 1.67 bits per heavy atom. The van der Waals surface area contributed by atoms with E-state index in [9.17, 15) is 9.59 Å². The fourth-order valence-electron chi connectivity index (χ4n) is 0.248. The highest BCUT2D eigenvalue weighted by molar-refractivity contribution is 5.78. The first-order chi connectivity index (χ1) is 5.54. The van der Waals surface area contributed by atoms with Crippen LogP contribution in [0.2, 0.25) is 0 Å². The van der Waals surface area contributed by atoms with Gasteiger partial charge in [0.1, 0.15) is 0 Å². The van der Waals surface area contributed by atoms with Crippen LogP contribution >= 0.6 is 0 Å². The number of carbonyl (C=O) groups excluding carboxylic acids is 1. The lowest BCUT2D eigenvalue weighted by atomic mass is 10.4. The smallest absolute Gasteiger partial charge is 0.327 e. The number of amides is 1. The Balaban J connectivity index is 0. The molecule has 0 atom stereocenters. The Morgan fingerprint density at radius 3 is 2.17 bits per heavy atom. The highest BCUT2D eigenvalue weighted by Crippen LogP contribution is 1.67. The zero-order valence-corrected chi connectivity index (χ0v) is 7.04. The molecule has 0 aromatic rings. The third kappa shape index (κ3) is 23.4. The van der Waals surface area contributed by atoms with Gasteiger partial charge >= 0.3 is 5.97 Å². The maximum absolute atomic E-state index is 9.94. The maximum Gasteiger partial charge on any atom is 0.327 e. The third-order valence-electron chi connectivity index (χ3n) is 0.796. The molecule has 0 aliphatic heterocycles. The Bertz CT molecular complexity index is 157. The van der Waals surface area contributed by atoms with E-state index in [0.29, 0.717) is 13.0 Å². The average molecular weight is 174 g/mol. The van der Waals surface area contributed by atoms with E-state index in [1.165, 1.54) is 0 Å². The summed E-state index contributed by atoms with van der Waals surface area (Å²) in [5.41, 5.74) is 4.80. The molecule has 0 aromatic carbocycles. The predicted molar refractivity (Wildman–Crippen MR) is 45.6 cm³/mol. The summed E-state index contributed by atoms with van der Waals surface area (Å²) in [6.07, 6.45) is 1.26. The summed E-state index contributed by atoms with van der Waals surface area (Å²) in [6.45, 7) is 3.64. The molecule has 0 fully saturated rings. The highest BCUT2D eigenvalue weighted by atomic mass is 16.4. The van der Waals surface area contributed by atoms with Crippen molar-refractivity contribution >= 4 is 11.9 Å². The number of carboxylic acids is 1. The minimum Gasteiger partial charge on any atom is -0.478 e. The van der Waals surface area contributed by atoms with Crippen molar-refractivity contribution in [3.8, 4) is 0 Å². The van der Waals surface area contributed by atoms with Gasteiger partial charge in [0.05, 0.1) is 0 Å². The fourth-order valence-corrected chi connectivity index (χ4v) is 0.248. The number of nitrogens with two attached hydrogens (primary N) is 1. The lowest BCUT2D eigenvalue weighted by Crippen LogP contribution is -2.18. The number of carboxylic acid groups (broad SMARTS) is 1. The molecule has 5 nitrogen and oxygen atoms in total. The molecule has 4 N–H and O–H groups in total. The van der Waals surface area contributed by atoms with Crippen molar-refractivity contribution in [2.45, 2.75) is 6.42 Å². The van der Waals surface area contributed by atoms with Crippen molar-refractivity contribution in [3.63, 3.8) is 0 Å². The van der Waals surface area contributed by atoms with Crippen LogP contribution < -0.4 is 11.1 Å². The van der Waals surface area contributed by atoms with Gasteiger partial charge in [-0.05, 0) is 7.05 Å². The molecule has 0 rings (SSSR count). The first-order valence-electron chi connectivity index (χ1n) is 3.32. The van der Waals surface area contributed by atoms with Crippen molar-refractivity contribution in [1.29, 1.82) is 0 Å². The van der Waals surface area contributed by atoms with E-state index < -0.39 is 5.97 Å². The van der Waals surface area contributed by atoms with Crippen LogP contribution in [0.25, 0.3) is 0 Å². The van der Waals surface area contributed by atoms with Gasteiger partial charge < -0.3 is 16.2 Å². The van der Waals surface area contributed by atoms with Crippen LogP contribution in [0.3, 0.4) is 0 Å². The Morgan fingerprint density at radius 2 is 2.08 bits per heavy atom. The number of aliphatic carboxylic acids is 1. The summed E-state index contributed by atoms with van der Waals surface area (Å²) in [4.78, 5) is 19.2. The molecule has 12 heavy (non-hydrogen) atoms. The molecule has 1 amide bonds. The van der Waals surface area contributed by atoms with Crippen LogP contribution in [0.4, 0.5) is 0 Å². The summed E-state index contributed by atoms with van der Waals surface area (Å²) < 4.78 is 0. The Hall–Kier alpha value is -1.36. The monoisotopic (exact) mass is 174 g/mol. The second kappa shape index (κ2) is 9.64. The Labute approximate surface area is 71.3 Å². The molecular weight excluding hydrogens is 160 g/mol. The van der Waals surface area contributed by atoms with E-state index in [-0.39, 0.29) is 5.91 Å². The predicted octanol–water partition coefficient (Wildman–Crippen LogP) is -0.662. The molecule has 5 heteroatoms. The number of carbonyl (C=O) groups is 2. The van der Waals surface area contributed by atoms with Gasteiger partial charge in [0.2, 0.25) is 5.91 Å². The van der Waals surface area contributed by atoms with Crippen LogP contribution in [0.5, 0.6) is 0 Å². The van der Waals surface area contributed by atoms with Gasteiger partial charge in [0, 0.05) is 19.0 Å². The molecule has 0 saturated heterocycles. The number of primary amides is 1. The number of rotatable bonds is 4. The molecule has 0 aromatic heterocycles. The van der Waals surface area contributed by atoms with E-state index in [1.807, 2.05) is 0 Å². The summed E-state index contributed by atoms with van der Waals surface area (Å²) >= 11 is 0. The molecule has 0 spiro atoms. The van der Waals surface area contributed by atoms with Crippen molar-refractivity contribution in [1.82, 2.24) is 5.32 Å². The summed E-state index contributed by atoms with van der Waals surface area (Å²) in [6, 6.07) is 0. The van der Waals surface area contributed by atoms with Crippen molar-refractivity contribution < 1.29 is 14.7 Å². The standard InChI is InChI=1S/C4H10N2O.C3H4O2/c1-6-3-2-4(5)7;1-2-3(4)5/h6H,2-3H2,1H3,(H2,5,7);2H,1H2,(H,4,5). The fraction of sp³-hybridized carbons (Fsp3) is 0.429. The minimum atomic E-state index is -0.981. The topological polar surface area (TPSA) is 92.4 Å². The third-order valence-corrected chi connectivity index (χ3v) is 0.796. The average Bonchev–Trinajstić information content (AvgIpc) is 2.02. The summed E-state index contributed by atoms with van der Waals surface area (Å²) in [5.74, 6) is -1.24. The number of hydrogen-bond donors (Lipinski definition) is 3. The first-order valence-corrected chi connectivity index (χ1v) is 3.32. The SMILES string of the molecule is C=CC(=O)O.CNCCC(N)=O. The van der Waals surface area contributed by atoms with E-state index >= 15 is 0 Å². The first kappa shape index (κ1) is 13.2. The lowest BCUT2D eigenvalue weighted by Gasteiger charge is -1.89. The van der Waals surface area contributed by atoms with E-state index in [1.54, 1.807) is 7.05 Å². The molecule has 0 saturated carbocycles. The van der Waals surface area contributed by atoms with E-state index in [0.717, 1.165) is 6.08 Å². The molecule has 0 aliphatic carbocycles. The molecule has 0 heterocycles. The van der Waals surface area contributed by atoms with Crippen LogP contribution in [0.15, 0.2) is 12.7 Å². The Kier molecular flexibility index (Phi) is 10.6. The van der Waals surface area contributed by atoms with Crippen LogP contribution in [0.1, 0.15) is 6.42 Å². The van der Waals surface area contributed by atoms with Crippen LogP contribution in [-0.2, 0) is 9.59 Å². The van der Waals surface area contributed by atoms with Crippen LogP contribution in [-0.4, -0.2) is 30.6 Å². The lowest BCUT2D eigenvalue weighted by molar-refractivity contribution is -0.131. The normalized spacial score (nSPS) is 7.75. The zero-order chi connectivity index (χ0) is 9.98. The highest BCUT2D eigenvalue weighted by Gasteiger charge is 1.87. The van der Waals surface area contributed by atoms with Crippen molar-refractivity contribution in [2.24, 2.45) is 5.73 Å². The maximum atomic E-state index is 9.94. The van der Waals surface area contributed by atoms with Gasteiger partial charge in [-0.15, -0.1) is 0 Å². The molecule has 0 aliphatic rings. The molecule has 70 valence electrons. The number of nitrogens with one attached hydrogen (secondary N) is 1. The van der Waals surface area contributed by atoms with Crippen LogP contribution in [0, 0.1) is 0 Å². The van der Waals surface area contributed by atoms with Gasteiger partial charge in [-0.3, -0.25) is 4.79 Å². The second-order valence-corrected chi connectivity index (χ2v) is 1.86. The van der Waals surface area contributed by atoms with Gasteiger partial charge in [0.15, 0.2) is 0 Å². The van der Waals surface area contributed by atoms with E-state index in [4.69, 9.17) is 10.8 Å². The van der Waals surface area contributed by atoms with Gasteiger partial charge in [-0.2, -0.15) is 0 Å². The van der Waals surface area contributed by atoms with Gasteiger partial charge in [-0.1, -0.05) is 6.58 Å². The molecule has 0 bridgehead atoms. The van der Waals surface area contributed by atoms with Gasteiger partial charge in [-0.25, -0.2) is 4.79 Å².